The Bertz CT molecular complexity index is 1100. The van der Waals surface area contributed by atoms with Crippen molar-refractivity contribution in [2.45, 2.75) is 51.4 Å². The first-order chi connectivity index (χ1) is 15.6. The molecule has 7 nitrogen and oxygen atoms in total. The molecule has 1 N–H and O–H groups in total. The molecule has 178 valence electrons. The average Bonchev–Trinajstić information content (AvgIpc) is 3.28. The molecule has 0 saturated carbocycles. The molecule has 0 aliphatic rings. The Morgan fingerprint density at radius 2 is 2.09 bits per heavy atom. The van der Waals surface area contributed by atoms with Gasteiger partial charge >= 0.3 is 12.2 Å². The van der Waals surface area contributed by atoms with Crippen LogP contribution in [0.3, 0.4) is 0 Å². The van der Waals surface area contributed by atoms with Crippen molar-refractivity contribution in [3.8, 4) is 17.1 Å². The molecule has 0 radical (unpaired) electrons. The Morgan fingerprint density at radius 3 is 2.76 bits per heavy atom. The molecule has 2 atom stereocenters. The maximum atomic E-state index is 12.7. The molecule has 0 aliphatic carbocycles. The van der Waals surface area contributed by atoms with E-state index >= 15 is 0 Å². The van der Waals surface area contributed by atoms with Gasteiger partial charge in [-0.2, -0.15) is 13.2 Å². The number of hydrogen-bond donors (Lipinski definition) is 1. The number of amides is 2. The Morgan fingerprint density at radius 1 is 1.33 bits per heavy atom. The van der Waals surface area contributed by atoms with Crippen molar-refractivity contribution in [1.82, 2.24) is 24.6 Å². The van der Waals surface area contributed by atoms with Crippen molar-refractivity contribution in [2.75, 3.05) is 14.2 Å². The number of nitrogens with zero attached hydrogens (tertiary/aromatic N) is 4. The molecule has 2 amide bonds. The number of aromatic nitrogens is 3. The van der Waals surface area contributed by atoms with Crippen LogP contribution in [0.25, 0.3) is 16.9 Å². The predicted molar refractivity (Wildman–Crippen MR) is 119 cm³/mol. The van der Waals surface area contributed by atoms with Gasteiger partial charge in [0.15, 0.2) is 5.65 Å². The summed E-state index contributed by atoms with van der Waals surface area (Å²) < 4.78 is 44.8. The summed E-state index contributed by atoms with van der Waals surface area (Å²) in [6.45, 7) is 3.62. The summed E-state index contributed by atoms with van der Waals surface area (Å²) in [7, 11) is 3.16. The maximum absolute atomic E-state index is 12.7. The second kappa shape index (κ2) is 10.1. The first-order valence-electron chi connectivity index (χ1n) is 10.7. The highest BCUT2D eigenvalue weighted by Crippen LogP contribution is 2.28. The Kier molecular flexibility index (Phi) is 7.45. The van der Waals surface area contributed by atoms with Gasteiger partial charge in [0.1, 0.15) is 0 Å². The van der Waals surface area contributed by atoms with E-state index in [2.05, 4.69) is 15.3 Å². The lowest BCUT2D eigenvalue weighted by Gasteiger charge is -2.28. The van der Waals surface area contributed by atoms with E-state index in [-0.39, 0.29) is 12.5 Å². The summed E-state index contributed by atoms with van der Waals surface area (Å²) in [5.74, 6) is 0.400. The topological polar surface area (TPSA) is 71.8 Å². The van der Waals surface area contributed by atoms with Gasteiger partial charge in [-0.3, -0.25) is 0 Å². The third-order valence-electron chi connectivity index (χ3n) is 5.70. The van der Waals surface area contributed by atoms with Gasteiger partial charge in [0, 0.05) is 43.7 Å². The van der Waals surface area contributed by atoms with E-state index in [0.29, 0.717) is 23.6 Å². The molecule has 0 spiro atoms. The third kappa shape index (κ3) is 5.94. The fourth-order valence-corrected chi connectivity index (χ4v) is 3.53. The Labute approximate surface area is 190 Å². The molecule has 0 unspecified atom stereocenters. The third-order valence-corrected chi connectivity index (χ3v) is 5.70. The lowest BCUT2D eigenvalue weighted by Crippen LogP contribution is -2.44. The fourth-order valence-electron chi connectivity index (χ4n) is 3.53. The minimum Gasteiger partial charge on any atom is -0.478 e. The Balaban J connectivity index is 1.76. The number of nitrogens with one attached hydrogen (secondary N) is 1. The van der Waals surface area contributed by atoms with Crippen LogP contribution >= 0.6 is 0 Å². The van der Waals surface area contributed by atoms with Crippen LogP contribution in [0.2, 0.25) is 0 Å². The van der Waals surface area contributed by atoms with Crippen molar-refractivity contribution < 1.29 is 22.7 Å². The van der Waals surface area contributed by atoms with E-state index in [0.717, 1.165) is 11.1 Å². The predicted octanol–water partition coefficient (Wildman–Crippen LogP) is 5.23. The highest BCUT2D eigenvalue weighted by atomic mass is 19.4. The zero-order valence-electron chi connectivity index (χ0n) is 19.1. The van der Waals surface area contributed by atoms with Gasteiger partial charge in [-0.15, -0.1) is 0 Å². The highest BCUT2D eigenvalue weighted by Gasteiger charge is 2.29. The van der Waals surface area contributed by atoms with Gasteiger partial charge in [0.25, 0.3) is 5.88 Å². The summed E-state index contributed by atoms with van der Waals surface area (Å²) in [5.41, 5.74) is 2.98. The van der Waals surface area contributed by atoms with Crippen LogP contribution in [0, 0.1) is 0 Å². The minimum absolute atomic E-state index is 0.145. The number of ether oxygens (including phenoxy) is 1. The quantitative estimate of drug-likeness (QED) is 0.497. The van der Waals surface area contributed by atoms with Crippen LogP contribution in [0.15, 0.2) is 42.9 Å². The molecule has 2 heterocycles. The van der Waals surface area contributed by atoms with Crippen molar-refractivity contribution in [2.24, 2.45) is 0 Å². The monoisotopic (exact) mass is 463 g/mol. The van der Waals surface area contributed by atoms with E-state index in [1.165, 1.54) is 12.0 Å². The fraction of sp³-hybridized carbons (Fsp3) is 0.435. The lowest BCUT2D eigenvalue weighted by molar-refractivity contribution is -0.136. The number of carbonyl (C=O) groups is 1. The second-order valence-electron chi connectivity index (χ2n) is 7.91. The van der Waals surface area contributed by atoms with Gasteiger partial charge in [-0.25, -0.2) is 14.8 Å². The first kappa shape index (κ1) is 24.3. The zero-order chi connectivity index (χ0) is 24.2. The Hall–Kier alpha value is -3.30. The number of rotatable bonds is 8. The van der Waals surface area contributed by atoms with E-state index in [1.54, 1.807) is 26.4 Å². The first-order valence-corrected chi connectivity index (χ1v) is 10.7. The van der Waals surface area contributed by atoms with Crippen LogP contribution in [0.1, 0.15) is 44.7 Å². The van der Waals surface area contributed by atoms with Crippen molar-refractivity contribution in [1.29, 1.82) is 0 Å². The maximum Gasteiger partial charge on any atom is 0.389 e. The van der Waals surface area contributed by atoms with Gasteiger partial charge in [-0.1, -0.05) is 25.1 Å². The SMILES string of the molecule is CC[C@H](CCC(F)(F)F)NC(=O)N(C)[C@H](C)c1cccc(-c2cn3ccnc3c(OC)n2)c1. The molecule has 2 aromatic heterocycles. The molecule has 0 aliphatic heterocycles. The molecule has 33 heavy (non-hydrogen) atoms. The smallest absolute Gasteiger partial charge is 0.389 e. The molecule has 3 aromatic rings. The molecule has 0 bridgehead atoms. The number of hydrogen-bond acceptors (Lipinski definition) is 4. The summed E-state index contributed by atoms with van der Waals surface area (Å²) in [6.07, 6.45) is 0.415. The lowest BCUT2D eigenvalue weighted by atomic mass is 10.0. The van der Waals surface area contributed by atoms with Crippen LogP contribution < -0.4 is 10.1 Å². The number of alkyl halides is 3. The number of methoxy groups -OCH3 is 1. The van der Waals surface area contributed by atoms with Gasteiger partial charge in [-0.05, 0) is 31.4 Å². The number of benzene rings is 1. The average molecular weight is 464 g/mol. The van der Waals surface area contributed by atoms with E-state index in [9.17, 15) is 18.0 Å². The normalized spacial score (nSPS) is 13.5. The number of fused-ring (bicyclic) bond motifs is 1. The molecule has 3 rings (SSSR count). The van der Waals surface area contributed by atoms with Crippen molar-refractivity contribution in [3.63, 3.8) is 0 Å². The van der Waals surface area contributed by atoms with Gasteiger partial charge in [0.05, 0.1) is 18.8 Å². The molecule has 0 saturated heterocycles. The van der Waals surface area contributed by atoms with Crippen LogP contribution in [-0.2, 0) is 0 Å². The van der Waals surface area contributed by atoms with Crippen LogP contribution in [-0.4, -0.2) is 51.7 Å². The number of imidazole rings is 1. The molecule has 10 heteroatoms. The number of urea groups is 1. The molecule has 0 fully saturated rings. The summed E-state index contributed by atoms with van der Waals surface area (Å²) in [6, 6.07) is 6.33. The molecular formula is C23H28F3N5O2. The number of carbonyl (C=O) groups excluding carboxylic acids is 1. The molecular weight excluding hydrogens is 435 g/mol. The van der Waals surface area contributed by atoms with E-state index < -0.39 is 24.7 Å². The van der Waals surface area contributed by atoms with Gasteiger partial charge in [0.2, 0.25) is 0 Å². The van der Waals surface area contributed by atoms with E-state index in [4.69, 9.17) is 4.74 Å². The standard InChI is InChI=1S/C23H28F3N5O2/c1-5-18(9-10-23(24,25)26)28-22(32)30(3)15(2)16-7-6-8-17(13-16)19-14-31-12-11-27-20(31)21(29-19)33-4/h6-8,11-15,18H,5,9-10H2,1-4H3,(H,28,32)/t15-,18-/m1/s1. The highest BCUT2D eigenvalue weighted by molar-refractivity contribution is 5.75. The molecule has 1 aromatic carbocycles. The van der Waals surface area contributed by atoms with Crippen molar-refractivity contribution in [3.05, 3.63) is 48.4 Å². The number of halogens is 3. The summed E-state index contributed by atoms with van der Waals surface area (Å²) >= 11 is 0. The van der Waals surface area contributed by atoms with E-state index in [1.807, 2.05) is 41.8 Å². The minimum atomic E-state index is -4.24. The van der Waals surface area contributed by atoms with Crippen LogP contribution in [0.4, 0.5) is 18.0 Å². The largest absolute Gasteiger partial charge is 0.478 e. The van der Waals surface area contributed by atoms with Crippen LogP contribution in [0.5, 0.6) is 5.88 Å². The zero-order valence-corrected chi connectivity index (χ0v) is 19.1. The second-order valence-corrected chi connectivity index (χ2v) is 7.91. The summed E-state index contributed by atoms with van der Waals surface area (Å²) in [4.78, 5) is 23.0. The summed E-state index contributed by atoms with van der Waals surface area (Å²) in [5, 5.41) is 2.72. The van der Waals surface area contributed by atoms with Crippen molar-refractivity contribution >= 4 is 11.7 Å². The van der Waals surface area contributed by atoms with Gasteiger partial charge < -0.3 is 19.4 Å².